The summed E-state index contributed by atoms with van der Waals surface area (Å²) < 4.78 is 0. The number of rotatable bonds is 9. The zero-order valence-electron chi connectivity index (χ0n) is 10.9. The Morgan fingerprint density at radius 2 is 1.76 bits per heavy atom. The Labute approximate surface area is 136 Å². The molecular formula is C10H17N3O6SSe. The SMILES string of the molecule is NC(CCC(=O)NC(CS)C(=O)NCC(=O)O)C(=O)O.[Se]. The van der Waals surface area contributed by atoms with Crippen molar-refractivity contribution in [2.45, 2.75) is 24.9 Å². The Morgan fingerprint density at radius 3 is 2.19 bits per heavy atom. The van der Waals surface area contributed by atoms with Crippen molar-refractivity contribution in [3.8, 4) is 0 Å². The number of carbonyl (C=O) groups is 4. The molecule has 9 nitrogen and oxygen atoms in total. The van der Waals surface area contributed by atoms with Crippen LogP contribution in [0.25, 0.3) is 0 Å². The van der Waals surface area contributed by atoms with E-state index in [2.05, 4.69) is 23.3 Å². The molecule has 2 radical (unpaired) electrons. The number of aliphatic carboxylic acids is 2. The molecule has 0 saturated heterocycles. The van der Waals surface area contributed by atoms with Crippen LogP contribution >= 0.6 is 12.6 Å². The quantitative estimate of drug-likeness (QED) is 0.187. The molecule has 6 N–H and O–H groups in total. The van der Waals surface area contributed by atoms with E-state index in [9.17, 15) is 19.2 Å². The van der Waals surface area contributed by atoms with Crippen LogP contribution in [0.2, 0.25) is 0 Å². The van der Waals surface area contributed by atoms with Gasteiger partial charge in [0.05, 0.1) is 0 Å². The van der Waals surface area contributed by atoms with Gasteiger partial charge in [0, 0.05) is 29.2 Å². The minimum absolute atomic E-state index is 0. The summed E-state index contributed by atoms with van der Waals surface area (Å²) in [6.07, 6.45) is -0.235. The van der Waals surface area contributed by atoms with Gasteiger partial charge in [-0.25, -0.2) is 0 Å². The number of hydrogen-bond donors (Lipinski definition) is 6. The summed E-state index contributed by atoms with van der Waals surface area (Å²) in [5.41, 5.74) is 5.23. The molecule has 11 heteroatoms. The smallest absolute Gasteiger partial charge is 0.322 e. The van der Waals surface area contributed by atoms with Crippen LogP contribution in [0.4, 0.5) is 0 Å². The number of carbonyl (C=O) groups excluding carboxylic acids is 2. The Balaban J connectivity index is 0. The molecule has 0 fully saturated rings. The van der Waals surface area contributed by atoms with Crippen molar-refractivity contribution in [1.82, 2.24) is 10.6 Å². The number of amides is 2. The molecule has 21 heavy (non-hydrogen) atoms. The van der Waals surface area contributed by atoms with Gasteiger partial charge in [-0.2, -0.15) is 12.6 Å². The van der Waals surface area contributed by atoms with E-state index in [-0.39, 0.29) is 35.7 Å². The first-order valence-electron chi connectivity index (χ1n) is 5.66. The number of carboxylic acids is 2. The number of hydrogen-bond acceptors (Lipinski definition) is 6. The van der Waals surface area contributed by atoms with E-state index in [1.807, 2.05) is 0 Å². The third-order valence-corrected chi connectivity index (χ3v) is 2.61. The summed E-state index contributed by atoms with van der Waals surface area (Å²) in [5.74, 6) is -3.70. The van der Waals surface area contributed by atoms with Gasteiger partial charge in [0.1, 0.15) is 18.6 Å². The number of nitrogens with two attached hydrogens (primary N) is 1. The average Bonchev–Trinajstić information content (AvgIpc) is 2.38. The molecule has 2 atom stereocenters. The van der Waals surface area contributed by atoms with Crippen molar-refractivity contribution in [3.05, 3.63) is 0 Å². The minimum atomic E-state index is -1.22. The molecule has 0 aliphatic heterocycles. The van der Waals surface area contributed by atoms with Crippen LogP contribution in [0.5, 0.6) is 0 Å². The first kappa shape index (κ1) is 22.0. The van der Waals surface area contributed by atoms with Gasteiger partial charge in [0.2, 0.25) is 11.8 Å². The molecule has 2 unspecified atom stereocenters. The topological polar surface area (TPSA) is 159 Å². The van der Waals surface area contributed by atoms with Crippen molar-refractivity contribution in [1.29, 1.82) is 0 Å². The number of carboxylic acid groups (broad SMARTS) is 2. The van der Waals surface area contributed by atoms with Crippen LogP contribution in [0, 0.1) is 0 Å². The van der Waals surface area contributed by atoms with Crippen LogP contribution in [0.1, 0.15) is 12.8 Å². The van der Waals surface area contributed by atoms with Crippen LogP contribution in [-0.2, 0) is 19.2 Å². The van der Waals surface area contributed by atoms with E-state index < -0.39 is 42.4 Å². The third-order valence-electron chi connectivity index (χ3n) is 2.25. The summed E-state index contributed by atoms with van der Waals surface area (Å²) in [6.45, 7) is -0.567. The van der Waals surface area contributed by atoms with Gasteiger partial charge in [0.25, 0.3) is 0 Å². The van der Waals surface area contributed by atoms with Gasteiger partial charge in [0.15, 0.2) is 0 Å². The van der Waals surface area contributed by atoms with Gasteiger partial charge in [-0.05, 0) is 6.42 Å². The second-order valence-corrected chi connectivity index (χ2v) is 4.26. The molecular weight excluding hydrogens is 369 g/mol. The van der Waals surface area contributed by atoms with E-state index in [0.29, 0.717) is 0 Å². The normalized spacial score (nSPS) is 12.5. The molecule has 0 rings (SSSR count). The molecule has 0 aromatic heterocycles. The van der Waals surface area contributed by atoms with Crippen molar-refractivity contribution < 1.29 is 29.4 Å². The van der Waals surface area contributed by atoms with Crippen molar-refractivity contribution >= 4 is 53.5 Å². The van der Waals surface area contributed by atoms with Gasteiger partial charge >= 0.3 is 11.9 Å². The number of thiol groups is 1. The Kier molecular flexibility index (Phi) is 11.9. The van der Waals surface area contributed by atoms with Crippen LogP contribution < -0.4 is 16.4 Å². The number of nitrogens with one attached hydrogen (secondary N) is 2. The largest absolute Gasteiger partial charge is 0.480 e. The summed E-state index contributed by atoms with van der Waals surface area (Å²) >= 11 is 3.87. The Morgan fingerprint density at radius 1 is 1.19 bits per heavy atom. The maximum absolute atomic E-state index is 11.5. The van der Waals surface area contributed by atoms with Crippen molar-refractivity contribution in [2.24, 2.45) is 5.73 Å². The summed E-state index contributed by atoms with van der Waals surface area (Å²) in [5, 5.41) is 21.4. The van der Waals surface area contributed by atoms with Gasteiger partial charge < -0.3 is 26.6 Å². The van der Waals surface area contributed by atoms with E-state index in [0.717, 1.165) is 0 Å². The van der Waals surface area contributed by atoms with E-state index in [4.69, 9.17) is 15.9 Å². The zero-order valence-corrected chi connectivity index (χ0v) is 13.6. The second-order valence-electron chi connectivity index (χ2n) is 3.90. The second kappa shape index (κ2) is 11.4. The first-order valence-corrected chi connectivity index (χ1v) is 6.29. The van der Waals surface area contributed by atoms with E-state index in [1.54, 1.807) is 0 Å². The predicted molar refractivity (Wildman–Crippen MR) is 77.0 cm³/mol. The van der Waals surface area contributed by atoms with Crippen molar-refractivity contribution in [3.63, 3.8) is 0 Å². The minimum Gasteiger partial charge on any atom is -0.480 e. The summed E-state index contributed by atoms with van der Waals surface area (Å²) in [4.78, 5) is 43.7. The summed E-state index contributed by atoms with van der Waals surface area (Å²) in [7, 11) is 0. The fourth-order valence-corrected chi connectivity index (χ4v) is 1.41. The monoisotopic (exact) mass is 387 g/mol. The van der Waals surface area contributed by atoms with E-state index >= 15 is 0 Å². The average molecular weight is 386 g/mol. The zero-order chi connectivity index (χ0) is 15.7. The van der Waals surface area contributed by atoms with Gasteiger partial charge in [-0.3, -0.25) is 19.2 Å². The molecule has 0 bridgehead atoms. The molecule has 2 amide bonds. The molecule has 0 heterocycles. The maximum atomic E-state index is 11.5. The Bertz CT molecular complexity index is 395. The van der Waals surface area contributed by atoms with Crippen molar-refractivity contribution in [2.75, 3.05) is 12.3 Å². The summed E-state index contributed by atoms with van der Waals surface area (Å²) in [6, 6.07) is -2.15. The third kappa shape index (κ3) is 10.1. The molecule has 120 valence electrons. The molecule has 0 aliphatic rings. The van der Waals surface area contributed by atoms with Gasteiger partial charge in [-0.1, -0.05) is 0 Å². The molecule has 0 spiro atoms. The fraction of sp³-hybridized carbons (Fsp3) is 0.600. The molecule has 0 aliphatic carbocycles. The Hall–Kier alpha value is -1.29. The first-order chi connectivity index (χ1) is 9.27. The molecule has 0 aromatic carbocycles. The predicted octanol–water partition coefficient (Wildman–Crippen LogP) is -2.59. The van der Waals surface area contributed by atoms with Crippen LogP contribution in [0.15, 0.2) is 0 Å². The molecule has 0 aromatic rings. The molecule has 0 saturated carbocycles. The standard InChI is InChI=1S/C10H17N3O6S.Se/c11-5(10(18)19)1-2-7(14)13-6(4-20)9(17)12-3-8(15)16;/h5-6,20H,1-4,11H2,(H,12,17)(H,13,14)(H,15,16)(H,18,19);. The van der Waals surface area contributed by atoms with Gasteiger partial charge in [-0.15, -0.1) is 0 Å². The fourth-order valence-electron chi connectivity index (χ4n) is 1.16. The maximum Gasteiger partial charge on any atom is 0.322 e. The van der Waals surface area contributed by atoms with Crippen LogP contribution in [-0.4, -0.2) is 75.4 Å². The van der Waals surface area contributed by atoms with E-state index in [1.165, 1.54) is 0 Å². The van der Waals surface area contributed by atoms with Crippen LogP contribution in [0.3, 0.4) is 0 Å².